The van der Waals surface area contributed by atoms with Gasteiger partial charge in [0.25, 0.3) is 0 Å². The van der Waals surface area contributed by atoms with E-state index in [1.54, 1.807) is 12.3 Å². The number of benzene rings is 1. The number of para-hydroxylation sites is 1. The topological polar surface area (TPSA) is 73.7 Å². The van der Waals surface area contributed by atoms with Gasteiger partial charge in [0.2, 0.25) is 5.91 Å². The van der Waals surface area contributed by atoms with E-state index in [1.165, 1.54) is 10.8 Å². The SMILES string of the molecule is O=C(Cn1cccnc1=O)N1CCCC1c1cccc2c1OCCO2. The number of carbonyl (C=O) groups is 1. The van der Waals surface area contributed by atoms with Crippen molar-refractivity contribution in [1.29, 1.82) is 0 Å². The molecule has 0 spiro atoms. The first-order valence-electron chi connectivity index (χ1n) is 8.43. The minimum absolute atomic E-state index is 0.00441. The Morgan fingerprint density at radius 3 is 3.00 bits per heavy atom. The molecule has 1 aromatic carbocycles. The van der Waals surface area contributed by atoms with Crippen molar-refractivity contribution in [2.24, 2.45) is 0 Å². The number of hydrogen-bond acceptors (Lipinski definition) is 5. The zero-order valence-electron chi connectivity index (χ0n) is 13.8. The number of aromatic nitrogens is 2. The van der Waals surface area contributed by atoms with Gasteiger partial charge in [-0.3, -0.25) is 9.36 Å². The van der Waals surface area contributed by atoms with Crippen molar-refractivity contribution in [2.45, 2.75) is 25.4 Å². The molecule has 130 valence electrons. The largest absolute Gasteiger partial charge is 0.486 e. The number of carbonyl (C=O) groups excluding carboxylic acids is 1. The standard InChI is InChI=1S/C18H19N3O4/c22-16(12-20-8-3-7-19-18(20)23)21-9-2-5-14(21)13-4-1-6-15-17(13)25-11-10-24-15/h1,3-4,6-8,14H,2,5,9-12H2. The highest BCUT2D eigenvalue weighted by atomic mass is 16.6. The fourth-order valence-corrected chi connectivity index (χ4v) is 3.49. The minimum atomic E-state index is -0.416. The van der Waals surface area contributed by atoms with Crippen molar-refractivity contribution in [1.82, 2.24) is 14.5 Å². The zero-order chi connectivity index (χ0) is 17.2. The molecule has 1 unspecified atom stereocenters. The minimum Gasteiger partial charge on any atom is -0.486 e. The van der Waals surface area contributed by atoms with Crippen molar-refractivity contribution in [3.8, 4) is 11.5 Å². The second-order valence-corrected chi connectivity index (χ2v) is 6.15. The molecule has 2 aliphatic heterocycles. The molecule has 0 radical (unpaired) electrons. The number of likely N-dealkylation sites (tertiary alicyclic amines) is 1. The van der Waals surface area contributed by atoms with Crippen LogP contribution in [0.25, 0.3) is 0 Å². The van der Waals surface area contributed by atoms with Crippen LogP contribution in [0.3, 0.4) is 0 Å². The molecule has 0 N–H and O–H groups in total. The molecule has 0 aliphatic carbocycles. The number of ether oxygens (including phenoxy) is 2. The summed E-state index contributed by atoms with van der Waals surface area (Å²) >= 11 is 0. The van der Waals surface area contributed by atoms with Crippen molar-refractivity contribution in [2.75, 3.05) is 19.8 Å². The van der Waals surface area contributed by atoms with Gasteiger partial charge in [-0.1, -0.05) is 12.1 Å². The molecule has 0 bridgehead atoms. The van der Waals surface area contributed by atoms with Gasteiger partial charge in [0.15, 0.2) is 11.5 Å². The maximum Gasteiger partial charge on any atom is 0.347 e. The van der Waals surface area contributed by atoms with Crippen LogP contribution < -0.4 is 15.2 Å². The molecule has 4 rings (SSSR count). The van der Waals surface area contributed by atoms with Gasteiger partial charge in [0, 0.05) is 24.5 Å². The molecule has 25 heavy (non-hydrogen) atoms. The van der Waals surface area contributed by atoms with Crippen LogP contribution in [0.15, 0.2) is 41.5 Å². The Balaban J connectivity index is 1.60. The zero-order valence-corrected chi connectivity index (χ0v) is 13.8. The predicted octanol–water partition coefficient (Wildman–Crippen LogP) is 1.38. The van der Waals surface area contributed by atoms with E-state index in [9.17, 15) is 9.59 Å². The normalized spacial score (nSPS) is 19.0. The lowest BCUT2D eigenvalue weighted by Gasteiger charge is -2.29. The number of nitrogens with zero attached hydrogens (tertiary/aromatic N) is 3. The summed E-state index contributed by atoms with van der Waals surface area (Å²) in [7, 11) is 0. The Morgan fingerprint density at radius 1 is 1.24 bits per heavy atom. The number of hydrogen-bond donors (Lipinski definition) is 0. The molecule has 1 amide bonds. The van der Waals surface area contributed by atoms with E-state index >= 15 is 0 Å². The summed E-state index contributed by atoms with van der Waals surface area (Å²) in [5.74, 6) is 1.37. The number of fused-ring (bicyclic) bond motifs is 1. The molecule has 2 aromatic rings. The molecule has 0 saturated carbocycles. The summed E-state index contributed by atoms with van der Waals surface area (Å²) in [5, 5.41) is 0. The molecule has 1 fully saturated rings. The van der Waals surface area contributed by atoms with Crippen LogP contribution >= 0.6 is 0 Å². The van der Waals surface area contributed by atoms with Crippen LogP contribution in [0, 0.1) is 0 Å². The quantitative estimate of drug-likeness (QED) is 0.843. The Hall–Kier alpha value is -2.83. The number of amides is 1. The summed E-state index contributed by atoms with van der Waals surface area (Å²) < 4.78 is 12.8. The van der Waals surface area contributed by atoms with E-state index in [0.29, 0.717) is 19.8 Å². The summed E-state index contributed by atoms with van der Waals surface area (Å²) in [6, 6.07) is 7.38. The van der Waals surface area contributed by atoms with Crippen molar-refractivity contribution >= 4 is 5.91 Å². The van der Waals surface area contributed by atoms with Crippen molar-refractivity contribution in [3.63, 3.8) is 0 Å². The van der Waals surface area contributed by atoms with Crippen LogP contribution in [-0.2, 0) is 11.3 Å². The highest BCUT2D eigenvalue weighted by Crippen LogP contribution is 2.42. The smallest absolute Gasteiger partial charge is 0.347 e. The molecule has 3 heterocycles. The summed E-state index contributed by atoms with van der Waals surface area (Å²) in [5.41, 5.74) is 0.557. The van der Waals surface area contributed by atoms with Gasteiger partial charge in [-0.25, -0.2) is 9.78 Å². The van der Waals surface area contributed by atoms with Crippen LogP contribution in [0.4, 0.5) is 0 Å². The van der Waals surface area contributed by atoms with Crippen molar-refractivity contribution in [3.05, 3.63) is 52.7 Å². The van der Waals surface area contributed by atoms with Crippen LogP contribution in [0.1, 0.15) is 24.4 Å². The fraction of sp³-hybridized carbons (Fsp3) is 0.389. The molecule has 1 atom stereocenters. The van der Waals surface area contributed by atoms with Gasteiger partial charge >= 0.3 is 5.69 Å². The van der Waals surface area contributed by atoms with Crippen LogP contribution in [0.2, 0.25) is 0 Å². The molecule has 1 saturated heterocycles. The van der Waals surface area contributed by atoms with Crippen LogP contribution in [0.5, 0.6) is 11.5 Å². The maximum absolute atomic E-state index is 12.8. The van der Waals surface area contributed by atoms with E-state index in [2.05, 4.69) is 4.98 Å². The number of rotatable bonds is 3. The molecule has 7 heteroatoms. The first-order chi connectivity index (χ1) is 12.2. The van der Waals surface area contributed by atoms with Crippen molar-refractivity contribution < 1.29 is 14.3 Å². The highest BCUT2D eigenvalue weighted by molar-refractivity contribution is 5.77. The van der Waals surface area contributed by atoms with Gasteiger partial charge < -0.3 is 14.4 Å². The third kappa shape index (κ3) is 2.97. The van der Waals surface area contributed by atoms with Gasteiger partial charge in [-0.05, 0) is 25.0 Å². The average molecular weight is 341 g/mol. The van der Waals surface area contributed by atoms with E-state index in [0.717, 1.165) is 29.9 Å². The molecular weight excluding hydrogens is 322 g/mol. The molecule has 1 aromatic heterocycles. The lowest BCUT2D eigenvalue weighted by molar-refractivity contribution is -0.132. The summed E-state index contributed by atoms with van der Waals surface area (Å²) in [4.78, 5) is 30.1. The van der Waals surface area contributed by atoms with Crippen LogP contribution in [-0.4, -0.2) is 40.1 Å². The Kier molecular flexibility index (Phi) is 4.13. The summed E-state index contributed by atoms with van der Waals surface area (Å²) in [6.45, 7) is 1.71. The monoisotopic (exact) mass is 341 g/mol. The van der Waals surface area contributed by atoms with Gasteiger partial charge in [-0.2, -0.15) is 0 Å². The third-order valence-electron chi connectivity index (χ3n) is 4.62. The van der Waals surface area contributed by atoms with E-state index < -0.39 is 5.69 Å². The molecule has 2 aliphatic rings. The average Bonchev–Trinajstić information content (AvgIpc) is 3.13. The Morgan fingerprint density at radius 2 is 2.12 bits per heavy atom. The summed E-state index contributed by atoms with van der Waals surface area (Å²) in [6.07, 6.45) is 4.80. The lowest BCUT2D eigenvalue weighted by atomic mass is 10.0. The fourth-order valence-electron chi connectivity index (χ4n) is 3.49. The highest BCUT2D eigenvalue weighted by Gasteiger charge is 2.33. The Bertz CT molecular complexity index is 848. The predicted molar refractivity (Wildman–Crippen MR) is 89.6 cm³/mol. The van der Waals surface area contributed by atoms with E-state index in [-0.39, 0.29) is 18.5 Å². The van der Waals surface area contributed by atoms with Gasteiger partial charge in [-0.15, -0.1) is 0 Å². The second kappa shape index (κ2) is 6.58. The second-order valence-electron chi connectivity index (χ2n) is 6.15. The maximum atomic E-state index is 12.8. The Labute approximate surface area is 144 Å². The third-order valence-corrected chi connectivity index (χ3v) is 4.62. The van der Waals surface area contributed by atoms with Gasteiger partial charge in [0.05, 0.1) is 6.04 Å². The van der Waals surface area contributed by atoms with E-state index in [4.69, 9.17) is 9.47 Å². The molecular formula is C18H19N3O4. The lowest BCUT2D eigenvalue weighted by Crippen LogP contribution is -2.36. The first kappa shape index (κ1) is 15.7. The molecule has 7 nitrogen and oxygen atoms in total. The van der Waals surface area contributed by atoms with Gasteiger partial charge in [0.1, 0.15) is 19.8 Å². The van der Waals surface area contributed by atoms with E-state index in [1.807, 2.05) is 23.1 Å². The first-order valence-corrected chi connectivity index (χ1v) is 8.43.